The van der Waals surface area contributed by atoms with Gasteiger partial charge >= 0.3 is 0 Å². The standard InChI is InChI=1S/C30H37BrN4O2/c1-4-37-32-28(22-8-10-24(31)11-9-22)23-12-18-35(19-13-23)30(2)15-20-34(21-16-30)29(36)26-6-5-7-27-25(26)14-17-33(27)3/h5-11,14,17,32H,4,12-13,15-16,18-21H2,1-3H3. The predicted molar refractivity (Wildman–Crippen MR) is 153 cm³/mol. The molecule has 1 N–H and O–H groups in total. The van der Waals surface area contributed by atoms with E-state index in [-0.39, 0.29) is 11.4 Å². The van der Waals surface area contributed by atoms with Crippen LogP contribution in [0, 0.1) is 0 Å². The van der Waals surface area contributed by atoms with E-state index in [1.54, 1.807) is 0 Å². The summed E-state index contributed by atoms with van der Waals surface area (Å²) in [6, 6.07) is 16.5. The molecular weight excluding hydrogens is 528 g/mol. The molecule has 1 aromatic heterocycles. The highest BCUT2D eigenvalue weighted by Crippen LogP contribution is 2.35. The molecule has 0 unspecified atom stereocenters. The van der Waals surface area contributed by atoms with E-state index in [0.29, 0.717) is 6.61 Å². The van der Waals surface area contributed by atoms with Crippen molar-refractivity contribution in [2.24, 2.45) is 7.05 Å². The molecule has 37 heavy (non-hydrogen) atoms. The Balaban J connectivity index is 1.24. The van der Waals surface area contributed by atoms with Gasteiger partial charge in [-0.15, -0.1) is 0 Å². The van der Waals surface area contributed by atoms with Gasteiger partial charge in [-0.25, -0.2) is 0 Å². The zero-order valence-electron chi connectivity index (χ0n) is 22.1. The smallest absolute Gasteiger partial charge is 0.254 e. The number of nitrogens with one attached hydrogen (secondary N) is 1. The highest BCUT2D eigenvalue weighted by Gasteiger charge is 2.38. The maximum absolute atomic E-state index is 13.4. The first kappa shape index (κ1) is 26.0. The quantitative estimate of drug-likeness (QED) is 0.374. The van der Waals surface area contributed by atoms with Crippen molar-refractivity contribution in [1.29, 1.82) is 0 Å². The van der Waals surface area contributed by atoms with Crippen LogP contribution in [-0.4, -0.2) is 58.6 Å². The second-order valence-corrected chi connectivity index (χ2v) is 11.4. The number of amides is 1. The van der Waals surface area contributed by atoms with Crippen LogP contribution in [0.25, 0.3) is 16.6 Å². The maximum Gasteiger partial charge on any atom is 0.254 e. The molecule has 2 aliphatic heterocycles. The van der Waals surface area contributed by atoms with Crippen molar-refractivity contribution in [3.05, 3.63) is 75.9 Å². The molecule has 2 fully saturated rings. The van der Waals surface area contributed by atoms with Gasteiger partial charge in [0.2, 0.25) is 0 Å². The lowest BCUT2D eigenvalue weighted by Gasteiger charge is -2.48. The van der Waals surface area contributed by atoms with E-state index in [9.17, 15) is 4.79 Å². The van der Waals surface area contributed by atoms with Gasteiger partial charge in [0.1, 0.15) is 0 Å². The predicted octanol–water partition coefficient (Wildman–Crippen LogP) is 5.98. The summed E-state index contributed by atoms with van der Waals surface area (Å²) in [7, 11) is 2.02. The highest BCUT2D eigenvalue weighted by molar-refractivity contribution is 9.10. The SMILES string of the molecule is CCONC(=C1CCN(C2(C)CCN(C(=O)c3cccc4c3ccn4C)CC2)CC1)c1ccc(Br)cc1. The maximum atomic E-state index is 13.4. The fraction of sp³-hybridized carbons (Fsp3) is 0.433. The molecule has 3 aromatic rings. The number of carbonyl (C=O) groups is 1. The number of nitrogens with zero attached hydrogens (tertiary/aromatic N) is 3. The molecule has 2 aliphatic rings. The lowest BCUT2D eigenvalue weighted by atomic mass is 9.84. The van der Waals surface area contributed by atoms with Crippen molar-refractivity contribution in [2.75, 3.05) is 32.8 Å². The van der Waals surface area contributed by atoms with Crippen LogP contribution in [0.1, 0.15) is 55.5 Å². The number of hydroxylamine groups is 1. The van der Waals surface area contributed by atoms with Crippen LogP contribution in [0.4, 0.5) is 0 Å². The van der Waals surface area contributed by atoms with Gasteiger partial charge < -0.3 is 9.47 Å². The first-order chi connectivity index (χ1) is 17.9. The average Bonchev–Trinajstić information content (AvgIpc) is 3.31. The third kappa shape index (κ3) is 5.35. The zero-order valence-corrected chi connectivity index (χ0v) is 23.7. The molecule has 196 valence electrons. The van der Waals surface area contributed by atoms with E-state index in [2.05, 4.69) is 79.1 Å². The number of benzene rings is 2. The number of fused-ring (bicyclic) bond motifs is 1. The molecule has 1 amide bonds. The monoisotopic (exact) mass is 564 g/mol. The molecule has 0 radical (unpaired) electrons. The van der Waals surface area contributed by atoms with Gasteiger partial charge in [-0.3, -0.25) is 20.0 Å². The van der Waals surface area contributed by atoms with Crippen molar-refractivity contribution in [2.45, 2.75) is 45.1 Å². The molecular formula is C30H37BrN4O2. The zero-order chi connectivity index (χ0) is 26.0. The third-order valence-corrected chi connectivity index (χ3v) is 8.75. The van der Waals surface area contributed by atoms with E-state index in [1.165, 1.54) is 5.57 Å². The van der Waals surface area contributed by atoms with Crippen LogP contribution in [-0.2, 0) is 11.9 Å². The Bertz CT molecular complexity index is 1280. The molecule has 5 rings (SSSR count). The summed E-state index contributed by atoms with van der Waals surface area (Å²) in [5.74, 6) is 0.156. The van der Waals surface area contributed by atoms with Gasteiger partial charge in [0.25, 0.3) is 5.91 Å². The van der Waals surface area contributed by atoms with Crippen molar-refractivity contribution in [1.82, 2.24) is 19.8 Å². The molecule has 0 aliphatic carbocycles. The minimum Gasteiger partial charge on any atom is -0.351 e. The Morgan fingerprint density at radius 1 is 1.03 bits per heavy atom. The number of carbonyl (C=O) groups excluding carboxylic acids is 1. The van der Waals surface area contributed by atoms with Crippen LogP contribution in [0.15, 0.2) is 64.8 Å². The number of hydrogen-bond donors (Lipinski definition) is 1. The largest absolute Gasteiger partial charge is 0.351 e. The minimum absolute atomic E-state index is 0.117. The number of halogens is 1. The third-order valence-electron chi connectivity index (χ3n) is 8.22. The van der Waals surface area contributed by atoms with E-state index in [4.69, 9.17) is 4.84 Å². The lowest BCUT2D eigenvalue weighted by Crippen LogP contribution is -2.56. The fourth-order valence-corrected chi connectivity index (χ4v) is 6.09. The van der Waals surface area contributed by atoms with Gasteiger partial charge in [0.15, 0.2) is 0 Å². The van der Waals surface area contributed by atoms with Gasteiger partial charge in [0, 0.05) is 65.9 Å². The van der Waals surface area contributed by atoms with Gasteiger partial charge in [0.05, 0.1) is 12.3 Å². The Hall–Kier alpha value is -2.61. The minimum atomic E-state index is 0.117. The molecule has 0 atom stereocenters. The van der Waals surface area contributed by atoms with Crippen LogP contribution in [0.2, 0.25) is 0 Å². The number of hydrogen-bond acceptors (Lipinski definition) is 4. The van der Waals surface area contributed by atoms with E-state index >= 15 is 0 Å². The van der Waals surface area contributed by atoms with Gasteiger partial charge in [-0.2, -0.15) is 0 Å². The molecule has 2 aromatic carbocycles. The van der Waals surface area contributed by atoms with Crippen molar-refractivity contribution >= 4 is 38.4 Å². The molecule has 0 saturated carbocycles. The van der Waals surface area contributed by atoms with E-state index in [1.807, 2.05) is 32.3 Å². The normalized spacial score (nSPS) is 18.3. The van der Waals surface area contributed by atoms with E-state index in [0.717, 1.165) is 84.1 Å². The highest BCUT2D eigenvalue weighted by atomic mass is 79.9. The number of aromatic nitrogens is 1. The Morgan fingerprint density at radius 2 is 1.73 bits per heavy atom. The summed E-state index contributed by atoms with van der Waals surface area (Å²) in [6.07, 6.45) is 6.05. The second-order valence-electron chi connectivity index (χ2n) is 10.5. The van der Waals surface area contributed by atoms with Crippen LogP contribution < -0.4 is 5.48 Å². The van der Waals surface area contributed by atoms with Gasteiger partial charge in [-0.1, -0.05) is 34.1 Å². The van der Waals surface area contributed by atoms with Crippen molar-refractivity contribution in [3.8, 4) is 0 Å². The van der Waals surface area contributed by atoms with Crippen LogP contribution >= 0.6 is 15.9 Å². The summed E-state index contributed by atoms with van der Waals surface area (Å²) < 4.78 is 3.15. The number of piperidine rings is 2. The van der Waals surface area contributed by atoms with Crippen molar-refractivity contribution < 1.29 is 9.63 Å². The molecule has 7 heteroatoms. The molecule has 3 heterocycles. The number of likely N-dealkylation sites (tertiary alicyclic amines) is 2. The number of aryl methyl sites for hydroxylation is 1. The van der Waals surface area contributed by atoms with Crippen LogP contribution in [0.3, 0.4) is 0 Å². The molecule has 0 spiro atoms. The Morgan fingerprint density at radius 3 is 2.41 bits per heavy atom. The number of rotatable bonds is 6. The first-order valence-corrected chi connectivity index (χ1v) is 14.1. The lowest BCUT2D eigenvalue weighted by molar-refractivity contribution is 0.0257. The summed E-state index contributed by atoms with van der Waals surface area (Å²) in [4.78, 5) is 23.8. The molecule has 0 bridgehead atoms. The summed E-state index contributed by atoms with van der Waals surface area (Å²) in [5, 5.41) is 1.04. The molecule has 2 saturated heterocycles. The Labute approximate surface area is 228 Å². The summed E-state index contributed by atoms with van der Waals surface area (Å²) in [6.45, 7) is 8.65. The van der Waals surface area contributed by atoms with Gasteiger partial charge in [-0.05, 0) is 81.0 Å². The fourth-order valence-electron chi connectivity index (χ4n) is 5.83. The first-order valence-electron chi connectivity index (χ1n) is 13.3. The summed E-state index contributed by atoms with van der Waals surface area (Å²) >= 11 is 3.54. The van der Waals surface area contributed by atoms with E-state index < -0.39 is 0 Å². The topological polar surface area (TPSA) is 49.7 Å². The average molecular weight is 566 g/mol. The second kappa shape index (κ2) is 11.0. The van der Waals surface area contributed by atoms with Crippen molar-refractivity contribution in [3.63, 3.8) is 0 Å². The molecule has 6 nitrogen and oxygen atoms in total. The Kier molecular flexibility index (Phi) is 7.75. The van der Waals surface area contributed by atoms with Crippen LogP contribution in [0.5, 0.6) is 0 Å². The summed E-state index contributed by atoms with van der Waals surface area (Å²) in [5.41, 5.74) is 8.94.